The largest absolute Gasteiger partial charge is 0.362 e. The number of aryl methyl sites for hydroxylation is 2. The first-order valence-corrected chi connectivity index (χ1v) is 8.80. The summed E-state index contributed by atoms with van der Waals surface area (Å²) in [6, 6.07) is 6.38. The molecule has 1 fully saturated rings. The number of hydrogen-bond donors (Lipinski definition) is 2. The first kappa shape index (κ1) is 17.2. The predicted molar refractivity (Wildman–Crippen MR) is 99.6 cm³/mol. The average molecular weight is 320 g/mol. The van der Waals surface area contributed by atoms with E-state index in [9.17, 15) is 0 Å². The molecule has 1 aromatic carbocycles. The lowest BCUT2D eigenvalue weighted by atomic mass is 10.0. The molecule has 1 atom stereocenters. The SMILES string of the molecule is Cc1ccc(C)c(NC(=S)NCCCN2CCC[C@H](C)C2)c1. The van der Waals surface area contributed by atoms with Crippen LogP contribution in [0.2, 0.25) is 0 Å². The summed E-state index contributed by atoms with van der Waals surface area (Å²) in [5.74, 6) is 0.855. The molecule has 0 aliphatic carbocycles. The van der Waals surface area contributed by atoms with Crippen LogP contribution in [0, 0.1) is 19.8 Å². The van der Waals surface area contributed by atoms with Crippen molar-refractivity contribution in [2.45, 2.75) is 40.0 Å². The Morgan fingerprint density at radius 3 is 2.95 bits per heavy atom. The average Bonchev–Trinajstić information content (AvgIpc) is 2.48. The van der Waals surface area contributed by atoms with Crippen molar-refractivity contribution in [3.63, 3.8) is 0 Å². The van der Waals surface area contributed by atoms with Crippen LogP contribution in [0.4, 0.5) is 5.69 Å². The molecule has 0 amide bonds. The van der Waals surface area contributed by atoms with E-state index in [2.05, 4.69) is 54.5 Å². The van der Waals surface area contributed by atoms with Crippen molar-refractivity contribution in [1.82, 2.24) is 10.2 Å². The summed E-state index contributed by atoms with van der Waals surface area (Å²) < 4.78 is 0. The van der Waals surface area contributed by atoms with Crippen LogP contribution in [-0.2, 0) is 0 Å². The van der Waals surface area contributed by atoms with Crippen LogP contribution in [0.15, 0.2) is 18.2 Å². The van der Waals surface area contributed by atoms with Crippen molar-refractivity contribution in [2.75, 3.05) is 31.5 Å². The van der Waals surface area contributed by atoms with Crippen LogP contribution in [0.25, 0.3) is 0 Å². The number of likely N-dealkylation sites (tertiary alicyclic amines) is 1. The molecule has 1 aromatic rings. The molecule has 4 heteroatoms. The topological polar surface area (TPSA) is 27.3 Å². The van der Waals surface area contributed by atoms with Crippen molar-refractivity contribution in [3.05, 3.63) is 29.3 Å². The lowest BCUT2D eigenvalue weighted by Gasteiger charge is -2.30. The molecule has 2 N–H and O–H groups in total. The van der Waals surface area contributed by atoms with E-state index in [1.54, 1.807) is 0 Å². The number of anilines is 1. The smallest absolute Gasteiger partial charge is 0.170 e. The minimum atomic E-state index is 0.723. The van der Waals surface area contributed by atoms with Crippen LogP contribution < -0.4 is 10.6 Å². The minimum absolute atomic E-state index is 0.723. The van der Waals surface area contributed by atoms with Gasteiger partial charge < -0.3 is 15.5 Å². The van der Waals surface area contributed by atoms with E-state index in [-0.39, 0.29) is 0 Å². The van der Waals surface area contributed by atoms with Gasteiger partial charge in [0.2, 0.25) is 0 Å². The zero-order chi connectivity index (χ0) is 15.9. The van der Waals surface area contributed by atoms with Gasteiger partial charge in [-0.15, -0.1) is 0 Å². The molecule has 0 aromatic heterocycles. The molecule has 0 spiro atoms. The van der Waals surface area contributed by atoms with E-state index >= 15 is 0 Å². The summed E-state index contributed by atoms with van der Waals surface area (Å²) in [6.07, 6.45) is 3.88. The van der Waals surface area contributed by atoms with E-state index in [0.29, 0.717) is 0 Å². The highest BCUT2D eigenvalue weighted by atomic mass is 32.1. The molecule has 1 heterocycles. The molecule has 0 saturated carbocycles. The van der Waals surface area contributed by atoms with Gasteiger partial charge >= 0.3 is 0 Å². The highest BCUT2D eigenvalue weighted by Crippen LogP contribution is 2.16. The Balaban J connectivity index is 1.66. The van der Waals surface area contributed by atoms with Gasteiger partial charge in [-0.05, 0) is 81.5 Å². The maximum Gasteiger partial charge on any atom is 0.170 e. The van der Waals surface area contributed by atoms with Gasteiger partial charge in [-0.2, -0.15) is 0 Å². The molecule has 0 radical (unpaired) electrons. The fourth-order valence-corrected chi connectivity index (χ4v) is 3.24. The summed E-state index contributed by atoms with van der Waals surface area (Å²) in [5.41, 5.74) is 3.56. The van der Waals surface area contributed by atoms with Crippen molar-refractivity contribution >= 4 is 23.0 Å². The molecular weight excluding hydrogens is 290 g/mol. The number of rotatable bonds is 5. The number of benzene rings is 1. The molecule has 1 aliphatic rings. The monoisotopic (exact) mass is 319 g/mol. The summed E-state index contributed by atoms with van der Waals surface area (Å²) >= 11 is 5.39. The first-order chi connectivity index (χ1) is 10.5. The third-order valence-electron chi connectivity index (χ3n) is 4.32. The number of hydrogen-bond acceptors (Lipinski definition) is 2. The molecule has 0 unspecified atom stereocenters. The van der Waals surface area contributed by atoms with Gasteiger partial charge in [0.1, 0.15) is 0 Å². The molecule has 0 bridgehead atoms. The van der Waals surface area contributed by atoms with Gasteiger partial charge in [0, 0.05) is 18.8 Å². The standard InChI is InChI=1S/C18H29N3S/c1-14-7-8-16(3)17(12-14)20-18(22)19-9-5-11-21-10-4-6-15(2)13-21/h7-8,12,15H,4-6,9-11,13H2,1-3H3,(H2,19,20,22)/t15-/m0/s1. The van der Waals surface area contributed by atoms with E-state index in [4.69, 9.17) is 12.2 Å². The quantitative estimate of drug-likeness (QED) is 0.639. The maximum absolute atomic E-state index is 5.39. The third-order valence-corrected chi connectivity index (χ3v) is 4.57. The zero-order valence-corrected chi connectivity index (χ0v) is 14.9. The third kappa shape index (κ3) is 5.58. The Hall–Kier alpha value is -1.13. The van der Waals surface area contributed by atoms with Crippen LogP contribution in [0.3, 0.4) is 0 Å². The second kappa shape index (κ2) is 8.49. The van der Waals surface area contributed by atoms with E-state index in [0.717, 1.165) is 29.7 Å². The number of thiocarbonyl (C=S) groups is 1. The first-order valence-electron chi connectivity index (χ1n) is 8.39. The van der Waals surface area contributed by atoms with Crippen molar-refractivity contribution in [1.29, 1.82) is 0 Å². The number of nitrogens with one attached hydrogen (secondary N) is 2. The van der Waals surface area contributed by atoms with Gasteiger partial charge in [0.25, 0.3) is 0 Å². The minimum Gasteiger partial charge on any atom is -0.362 e. The van der Waals surface area contributed by atoms with Crippen molar-refractivity contribution < 1.29 is 0 Å². The van der Waals surface area contributed by atoms with Crippen molar-refractivity contribution in [3.8, 4) is 0 Å². The van der Waals surface area contributed by atoms with E-state index in [1.165, 1.54) is 43.6 Å². The molecule has 122 valence electrons. The second-order valence-corrected chi connectivity index (χ2v) is 7.01. The summed E-state index contributed by atoms with van der Waals surface area (Å²) in [7, 11) is 0. The van der Waals surface area contributed by atoms with Gasteiger partial charge in [-0.3, -0.25) is 0 Å². The number of nitrogens with zero attached hydrogens (tertiary/aromatic N) is 1. The fraction of sp³-hybridized carbons (Fsp3) is 0.611. The molecule has 2 rings (SSSR count). The van der Waals surface area contributed by atoms with Gasteiger partial charge in [0.05, 0.1) is 0 Å². The van der Waals surface area contributed by atoms with E-state index < -0.39 is 0 Å². The molecule has 22 heavy (non-hydrogen) atoms. The zero-order valence-electron chi connectivity index (χ0n) is 14.1. The lowest BCUT2D eigenvalue weighted by Crippen LogP contribution is -2.37. The normalized spacial score (nSPS) is 19.0. The van der Waals surface area contributed by atoms with Crippen LogP contribution in [0.1, 0.15) is 37.3 Å². The molecular formula is C18H29N3S. The highest BCUT2D eigenvalue weighted by Gasteiger charge is 2.15. The Morgan fingerprint density at radius 2 is 2.18 bits per heavy atom. The Kier molecular flexibility index (Phi) is 6.65. The van der Waals surface area contributed by atoms with Crippen molar-refractivity contribution in [2.24, 2.45) is 5.92 Å². The summed E-state index contributed by atoms with van der Waals surface area (Å²) in [5, 5.41) is 7.35. The van der Waals surface area contributed by atoms with Gasteiger partial charge in [-0.1, -0.05) is 19.1 Å². The fourth-order valence-electron chi connectivity index (χ4n) is 3.03. The maximum atomic E-state index is 5.39. The van der Waals surface area contributed by atoms with Gasteiger partial charge in [-0.25, -0.2) is 0 Å². The summed E-state index contributed by atoms with van der Waals surface area (Å²) in [6.45, 7) is 11.2. The van der Waals surface area contributed by atoms with Gasteiger partial charge in [0.15, 0.2) is 5.11 Å². The van der Waals surface area contributed by atoms with Crippen LogP contribution >= 0.6 is 12.2 Å². The Morgan fingerprint density at radius 1 is 1.36 bits per heavy atom. The van der Waals surface area contributed by atoms with Crippen LogP contribution in [0.5, 0.6) is 0 Å². The molecule has 1 saturated heterocycles. The summed E-state index contributed by atoms with van der Waals surface area (Å²) in [4.78, 5) is 2.58. The molecule has 1 aliphatic heterocycles. The highest BCUT2D eigenvalue weighted by molar-refractivity contribution is 7.80. The Labute approximate surface area is 140 Å². The molecule has 3 nitrogen and oxygen atoms in total. The second-order valence-electron chi connectivity index (χ2n) is 6.60. The number of piperidine rings is 1. The predicted octanol–water partition coefficient (Wildman–Crippen LogP) is 3.71. The Bertz CT molecular complexity index is 501. The lowest BCUT2D eigenvalue weighted by molar-refractivity contribution is 0.182. The van der Waals surface area contributed by atoms with Crippen LogP contribution in [-0.4, -0.2) is 36.2 Å². The van der Waals surface area contributed by atoms with E-state index in [1.807, 2.05) is 0 Å².